The van der Waals surface area contributed by atoms with Crippen LogP contribution in [0.2, 0.25) is 0 Å². The fourth-order valence-electron chi connectivity index (χ4n) is 15.6. The molecule has 6 aromatic heterocycles. The number of aromatic nitrogens is 10. The van der Waals surface area contributed by atoms with Crippen molar-refractivity contribution in [2.24, 2.45) is 7.05 Å². The van der Waals surface area contributed by atoms with Crippen LogP contribution in [0.25, 0.3) is 87.7 Å². The molecule has 0 aliphatic carbocycles. The Bertz CT molecular complexity index is 7130. The number of aromatic hydroxyl groups is 8. The van der Waals surface area contributed by atoms with Crippen LogP contribution in [0.3, 0.4) is 0 Å². The van der Waals surface area contributed by atoms with Gasteiger partial charge in [0.1, 0.15) is 99.6 Å². The smallest absolute Gasteiger partial charge is 0.180 e. The number of ketones is 4. The van der Waals surface area contributed by atoms with Crippen LogP contribution in [0.1, 0.15) is 298 Å². The molecule has 30 heteroatoms. The Morgan fingerprint density at radius 2 is 0.681 bits per heavy atom. The molecule has 0 fully saturated rings. The highest BCUT2D eigenvalue weighted by molar-refractivity contribution is 6.02. The van der Waals surface area contributed by atoms with Gasteiger partial charge < -0.3 is 40.9 Å². The Morgan fingerprint density at radius 3 is 1.15 bits per heavy atom. The van der Waals surface area contributed by atoms with Crippen LogP contribution in [-0.2, 0) is 7.05 Å². The normalized spacial score (nSPS) is 11.1. The maximum absolute atomic E-state index is 14.3. The second kappa shape index (κ2) is 50.3. The van der Waals surface area contributed by atoms with Gasteiger partial charge in [-0.15, -0.1) is 0 Å². The van der Waals surface area contributed by atoms with Gasteiger partial charge in [0.2, 0.25) is 0 Å². The molecule has 0 saturated carbocycles. The number of carbonyl (C=O) groups excluding carboxylic acids is 4. The zero-order chi connectivity index (χ0) is 106. The summed E-state index contributed by atoms with van der Waals surface area (Å²) in [6.45, 7) is 37.2. The van der Waals surface area contributed by atoms with Crippen LogP contribution < -0.4 is 0 Å². The minimum atomic E-state index is -1.02. The van der Waals surface area contributed by atoms with E-state index in [-0.39, 0.29) is 169 Å². The first-order chi connectivity index (χ1) is 68.1. The molecule has 0 spiro atoms. The minimum Gasteiger partial charge on any atom is -0.508 e. The molecule has 0 atom stereocenters. The van der Waals surface area contributed by atoms with Crippen molar-refractivity contribution >= 4 is 66.4 Å². The van der Waals surface area contributed by atoms with Crippen molar-refractivity contribution in [3.8, 4) is 90.5 Å². The Kier molecular flexibility index (Phi) is 39.1. The molecule has 0 bridgehead atoms. The first-order valence-corrected chi connectivity index (χ1v) is 47.1. The number of Topliss-reactive ketones (excluding diaryl/α,β-unsaturated/α-hetero) is 4. The quantitative estimate of drug-likeness (QED) is 0.0259. The third kappa shape index (κ3) is 27.6. The lowest BCUT2D eigenvalue weighted by Crippen LogP contribution is -2.01. The zero-order valence-corrected chi connectivity index (χ0v) is 84.2. The number of phenols is 8. The predicted molar refractivity (Wildman–Crippen MR) is 547 cm³/mol. The van der Waals surface area contributed by atoms with E-state index in [1.807, 2.05) is 115 Å². The standard InChI is InChI=1S/2C16H17FO2.2C15H17NO2.C13H14F2N2O.C13H12F2N2O.2C13H13FN2O/c1-4-15(18)13-6-11-8-16(19)12(9(2)3)5-10(11)7-14(13)17;1-4-14(18)11-6-5-10-7-12(9(2)3)15(19)8-13(10)16(11)17;1-4-14(17)13-6-10-7-15(18)12(9(2)3)5-11(10)8-16-13;1-4-14(17)12-6-5-10-7-11(9(2)3)15(18)8-13(10)16-12;1-7(2)11-10(18)4-9(12(14)13(11)15)8-5-16-17(3)6-8;1-7(2)11-10(18)3-9(12(14)13(11)15)8-4-16-6-17-5-8;1-8(2)10-3-12(14)11(4-13(10)17)9-5-15-7-16-6-9;1-8(2)13-11(14)3-9(4-12(13)17)10-5-15-7-16-6-10/h2*5-9,19H,4H2,1-3H3;2*5-9,18H,4H2,1-3H3;4-7,18H,1-3H3;3-7,18H,1-2H3;2*3-8,17H,1-2H3. The van der Waals surface area contributed by atoms with Gasteiger partial charge in [-0.2, -0.15) is 5.10 Å². The van der Waals surface area contributed by atoms with E-state index in [0.717, 1.165) is 38.4 Å². The molecule has 22 nitrogen and oxygen atoms in total. The van der Waals surface area contributed by atoms with Crippen molar-refractivity contribution in [1.29, 1.82) is 0 Å². The molecule has 0 aliphatic rings. The van der Waals surface area contributed by atoms with Gasteiger partial charge in [-0.05, 0) is 211 Å². The summed E-state index contributed by atoms with van der Waals surface area (Å²) < 4.78 is 113. The molecule has 8 N–H and O–H groups in total. The number of hydrogen-bond donors (Lipinski definition) is 8. The van der Waals surface area contributed by atoms with Gasteiger partial charge in [-0.3, -0.25) is 28.8 Å². The third-order valence-electron chi connectivity index (χ3n) is 23.5. The summed E-state index contributed by atoms with van der Waals surface area (Å²) in [4.78, 5) is 77.8. The molecule has 0 amide bonds. The van der Waals surface area contributed by atoms with Gasteiger partial charge in [0.25, 0.3) is 0 Å². The molecule has 0 radical (unpaired) electrons. The van der Waals surface area contributed by atoms with Crippen LogP contribution in [0.5, 0.6) is 46.0 Å². The number of pyridine rings is 2. The van der Waals surface area contributed by atoms with E-state index >= 15 is 0 Å². The summed E-state index contributed by atoms with van der Waals surface area (Å²) in [6, 6.07) is 33.4. The molecular formula is C114H120F8N10O12. The van der Waals surface area contributed by atoms with Crippen molar-refractivity contribution in [2.75, 3.05) is 0 Å². The molecule has 16 aromatic rings. The zero-order valence-electron chi connectivity index (χ0n) is 84.2. The maximum Gasteiger partial charge on any atom is 0.180 e. The summed E-state index contributed by atoms with van der Waals surface area (Å²) in [5.74, 6) is -5.62. The second-order valence-electron chi connectivity index (χ2n) is 36.7. The fourth-order valence-corrected chi connectivity index (χ4v) is 15.6. The Hall–Kier alpha value is -15.5. The van der Waals surface area contributed by atoms with Gasteiger partial charge in [0.05, 0.1) is 22.8 Å². The van der Waals surface area contributed by atoms with E-state index < -0.39 is 40.7 Å². The molecule has 6 heterocycles. The molecule has 10 aromatic carbocycles. The molecule has 144 heavy (non-hydrogen) atoms. The van der Waals surface area contributed by atoms with E-state index in [9.17, 15) is 95.2 Å². The van der Waals surface area contributed by atoms with Crippen molar-refractivity contribution in [3.05, 3.63) is 316 Å². The Morgan fingerprint density at radius 1 is 0.292 bits per heavy atom. The second-order valence-corrected chi connectivity index (χ2v) is 36.7. The third-order valence-corrected chi connectivity index (χ3v) is 23.5. The summed E-state index contributed by atoms with van der Waals surface area (Å²) in [6.07, 6.45) is 19.1. The van der Waals surface area contributed by atoms with Gasteiger partial charge in [0.15, 0.2) is 46.4 Å². The average molecular weight is 1970 g/mol. The molecule has 0 aliphatic heterocycles. The molecule has 754 valence electrons. The summed E-state index contributed by atoms with van der Waals surface area (Å²) in [5, 5.41) is 88.1. The van der Waals surface area contributed by atoms with Crippen molar-refractivity contribution in [2.45, 2.75) is 212 Å². The number of nitrogens with zero attached hydrogens (tertiary/aromatic N) is 10. The van der Waals surface area contributed by atoms with Gasteiger partial charge in [0, 0.05) is 160 Å². The first kappa shape index (κ1) is 112. The average Bonchev–Trinajstić information content (AvgIpc) is 1.10. The number of hydrogen-bond acceptors (Lipinski definition) is 21. The van der Waals surface area contributed by atoms with E-state index in [2.05, 4.69) is 45.0 Å². The van der Waals surface area contributed by atoms with Gasteiger partial charge in [-0.25, -0.2) is 70.0 Å². The highest BCUT2D eigenvalue weighted by atomic mass is 19.2. The number of halogens is 8. The van der Waals surface area contributed by atoms with Gasteiger partial charge in [-0.1, -0.05) is 151 Å². The number of aryl methyl sites for hydroxylation is 1. The van der Waals surface area contributed by atoms with Crippen molar-refractivity contribution < 1.29 is 95.2 Å². The van der Waals surface area contributed by atoms with Crippen LogP contribution >= 0.6 is 0 Å². The highest BCUT2D eigenvalue weighted by Crippen LogP contribution is 2.43. The lowest BCUT2D eigenvalue weighted by atomic mass is 9.95. The van der Waals surface area contributed by atoms with Crippen LogP contribution in [0.15, 0.2) is 202 Å². The maximum atomic E-state index is 14.3. The Balaban J connectivity index is 0.000000183. The monoisotopic (exact) mass is 1970 g/mol. The SMILES string of the molecule is CC(C)c1c(O)cc(-c2cncnc2)c(F)c1F.CC(C)c1c(O)cc(-c2cncnc2)cc1F.CC(C)c1c(O)cc(-c2cnn(C)c2)c(F)c1F.CC(C)c1cc(F)c(-c2cncnc2)cc1O.CCC(=O)c1cc2cc(O)c(C(C)C)cc2cc1F.CCC(=O)c1cc2cc(O)c(C(C)C)cc2cn1.CCC(=O)c1ccc2cc(C(C)C)c(O)cc2c1F.CCC(=O)c1ccc2cc(C(C)C)c(O)cc2n1. The van der Waals surface area contributed by atoms with Crippen LogP contribution in [-0.4, -0.2) is 114 Å². The van der Waals surface area contributed by atoms with Crippen molar-refractivity contribution in [1.82, 2.24) is 49.7 Å². The molecular weight excluding hydrogens is 1850 g/mol. The molecule has 0 unspecified atom stereocenters. The molecule has 0 saturated heterocycles. The lowest BCUT2D eigenvalue weighted by Gasteiger charge is -2.13. The number of rotatable bonds is 20. The predicted octanol–water partition coefficient (Wildman–Crippen LogP) is 28.8. The van der Waals surface area contributed by atoms with E-state index in [4.69, 9.17) is 0 Å². The van der Waals surface area contributed by atoms with E-state index in [0.29, 0.717) is 95.8 Å². The number of fused-ring (bicyclic) bond motifs is 4. The summed E-state index contributed by atoms with van der Waals surface area (Å²) in [5.41, 5.74) is 8.88. The summed E-state index contributed by atoms with van der Waals surface area (Å²) >= 11 is 0. The van der Waals surface area contributed by atoms with Crippen LogP contribution in [0, 0.1) is 46.5 Å². The number of benzene rings is 10. The summed E-state index contributed by atoms with van der Waals surface area (Å²) in [7, 11) is 1.68. The largest absolute Gasteiger partial charge is 0.508 e. The molecule has 16 rings (SSSR count). The van der Waals surface area contributed by atoms with E-state index in [1.54, 1.807) is 122 Å². The lowest BCUT2D eigenvalue weighted by molar-refractivity contribution is 0.0976. The fraction of sp³-hybridized carbons (Fsp3) is 0.289. The first-order valence-electron chi connectivity index (χ1n) is 47.1. The number of phenolic OH excluding ortho intramolecular Hbond substituents is 8. The minimum absolute atomic E-state index is 0.000130. The topological polar surface area (TPSA) is 351 Å². The van der Waals surface area contributed by atoms with Crippen molar-refractivity contribution in [3.63, 3.8) is 0 Å². The van der Waals surface area contributed by atoms with E-state index in [1.165, 1.54) is 115 Å². The van der Waals surface area contributed by atoms with Crippen LogP contribution in [0.4, 0.5) is 35.1 Å². The highest BCUT2D eigenvalue weighted by Gasteiger charge is 2.27. The number of carbonyl (C=O) groups is 4. The van der Waals surface area contributed by atoms with Gasteiger partial charge >= 0.3 is 0 Å². The Labute approximate surface area is 831 Å².